The molecule has 0 amide bonds. The van der Waals surface area contributed by atoms with Gasteiger partial charge >= 0.3 is 0 Å². The second kappa shape index (κ2) is 6.52. The standard InChI is InChI=1S/C22H21N3/c1-16-7-3-5-9-19(16)21-15-25(2)22(24-21)14-13-18-12-11-17-8-4-6-10-20(17)23-18/h3-12,15H,13-14H2,1-2H3. The van der Waals surface area contributed by atoms with Crippen LogP contribution in [0.4, 0.5) is 0 Å². The third-order valence-electron chi connectivity index (χ3n) is 4.65. The van der Waals surface area contributed by atoms with Crippen molar-refractivity contribution in [3.05, 3.63) is 83.9 Å². The maximum Gasteiger partial charge on any atom is 0.109 e. The van der Waals surface area contributed by atoms with Gasteiger partial charge in [-0.05, 0) is 31.0 Å². The van der Waals surface area contributed by atoms with E-state index in [-0.39, 0.29) is 0 Å². The summed E-state index contributed by atoms with van der Waals surface area (Å²) in [5, 5.41) is 1.19. The monoisotopic (exact) mass is 327 g/mol. The normalized spacial score (nSPS) is 11.1. The van der Waals surface area contributed by atoms with Gasteiger partial charge in [0.1, 0.15) is 5.82 Å². The maximum absolute atomic E-state index is 4.85. The van der Waals surface area contributed by atoms with Crippen LogP contribution >= 0.6 is 0 Å². The van der Waals surface area contributed by atoms with Crippen LogP contribution < -0.4 is 0 Å². The van der Waals surface area contributed by atoms with Crippen molar-refractivity contribution in [1.82, 2.24) is 14.5 Å². The van der Waals surface area contributed by atoms with Gasteiger partial charge in [-0.2, -0.15) is 0 Å². The number of para-hydroxylation sites is 1. The first-order valence-corrected chi connectivity index (χ1v) is 8.63. The number of aryl methyl sites for hydroxylation is 4. The minimum Gasteiger partial charge on any atom is -0.337 e. The van der Waals surface area contributed by atoms with Crippen LogP contribution in [-0.2, 0) is 19.9 Å². The van der Waals surface area contributed by atoms with E-state index in [1.54, 1.807) is 0 Å². The number of hydrogen-bond acceptors (Lipinski definition) is 2. The predicted molar refractivity (Wildman–Crippen MR) is 103 cm³/mol. The van der Waals surface area contributed by atoms with Gasteiger partial charge in [0.15, 0.2) is 0 Å². The molecule has 0 N–H and O–H groups in total. The Morgan fingerprint density at radius 2 is 1.64 bits per heavy atom. The summed E-state index contributed by atoms with van der Waals surface area (Å²) in [6.45, 7) is 2.13. The number of nitrogens with zero attached hydrogens (tertiary/aromatic N) is 3. The van der Waals surface area contributed by atoms with E-state index < -0.39 is 0 Å². The minimum absolute atomic E-state index is 0.883. The number of rotatable bonds is 4. The molecule has 25 heavy (non-hydrogen) atoms. The van der Waals surface area contributed by atoms with Crippen molar-refractivity contribution in [2.75, 3.05) is 0 Å². The fourth-order valence-corrected chi connectivity index (χ4v) is 3.21. The van der Waals surface area contributed by atoms with Gasteiger partial charge in [0.25, 0.3) is 0 Å². The number of imidazole rings is 1. The van der Waals surface area contributed by atoms with E-state index in [1.807, 2.05) is 12.1 Å². The van der Waals surface area contributed by atoms with E-state index in [9.17, 15) is 0 Å². The van der Waals surface area contributed by atoms with E-state index in [1.165, 1.54) is 16.5 Å². The van der Waals surface area contributed by atoms with Crippen molar-refractivity contribution in [3.63, 3.8) is 0 Å². The molecule has 0 spiro atoms. The average molecular weight is 327 g/mol. The van der Waals surface area contributed by atoms with E-state index in [0.29, 0.717) is 0 Å². The number of pyridine rings is 1. The molecule has 0 aliphatic heterocycles. The molecule has 0 saturated carbocycles. The van der Waals surface area contributed by atoms with E-state index in [0.717, 1.165) is 35.6 Å². The smallest absolute Gasteiger partial charge is 0.109 e. The van der Waals surface area contributed by atoms with Crippen molar-refractivity contribution in [2.24, 2.45) is 7.05 Å². The summed E-state index contributed by atoms with van der Waals surface area (Å²) in [5.41, 5.74) is 5.66. The van der Waals surface area contributed by atoms with Gasteiger partial charge in [0.05, 0.1) is 11.2 Å². The minimum atomic E-state index is 0.883. The van der Waals surface area contributed by atoms with Gasteiger partial charge in [0, 0.05) is 36.3 Å². The van der Waals surface area contributed by atoms with Crippen molar-refractivity contribution < 1.29 is 0 Å². The van der Waals surface area contributed by atoms with Crippen LogP contribution in [-0.4, -0.2) is 14.5 Å². The zero-order valence-corrected chi connectivity index (χ0v) is 14.6. The first-order valence-electron chi connectivity index (χ1n) is 8.63. The van der Waals surface area contributed by atoms with Crippen LogP contribution in [0, 0.1) is 6.92 Å². The fraction of sp³-hybridized carbons (Fsp3) is 0.182. The molecule has 4 aromatic rings. The molecule has 2 aromatic carbocycles. The molecule has 0 unspecified atom stereocenters. The Morgan fingerprint density at radius 3 is 2.52 bits per heavy atom. The highest BCUT2D eigenvalue weighted by Gasteiger charge is 2.09. The van der Waals surface area contributed by atoms with Crippen molar-refractivity contribution >= 4 is 10.9 Å². The highest BCUT2D eigenvalue weighted by atomic mass is 15.0. The van der Waals surface area contributed by atoms with Gasteiger partial charge in [-0.15, -0.1) is 0 Å². The zero-order valence-electron chi connectivity index (χ0n) is 14.6. The molecule has 0 aliphatic rings. The fourth-order valence-electron chi connectivity index (χ4n) is 3.21. The lowest BCUT2D eigenvalue weighted by Gasteiger charge is -2.03. The second-order valence-electron chi connectivity index (χ2n) is 6.46. The largest absolute Gasteiger partial charge is 0.337 e. The molecule has 4 rings (SSSR count). The summed E-state index contributed by atoms with van der Waals surface area (Å²) in [5.74, 6) is 1.09. The SMILES string of the molecule is Cc1ccccc1-c1cn(C)c(CCc2ccc3ccccc3n2)n1. The first kappa shape index (κ1) is 15.6. The molecule has 0 atom stereocenters. The Hall–Kier alpha value is -2.94. The Labute approximate surface area is 148 Å². The Balaban J connectivity index is 1.55. The highest BCUT2D eigenvalue weighted by Crippen LogP contribution is 2.22. The summed E-state index contributed by atoms with van der Waals surface area (Å²) in [7, 11) is 2.07. The molecule has 3 nitrogen and oxygen atoms in total. The topological polar surface area (TPSA) is 30.7 Å². The highest BCUT2D eigenvalue weighted by molar-refractivity contribution is 5.78. The molecule has 0 fully saturated rings. The van der Waals surface area contributed by atoms with Crippen LogP contribution in [0.1, 0.15) is 17.1 Å². The molecule has 0 aliphatic carbocycles. The van der Waals surface area contributed by atoms with Crippen molar-refractivity contribution in [2.45, 2.75) is 19.8 Å². The number of fused-ring (bicyclic) bond motifs is 1. The molecule has 2 heterocycles. The summed E-state index contributed by atoms with van der Waals surface area (Å²) in [6, 6.07) is 20.9. The molecular formula is C22H21N3. The molecule has 0 bridgehead atoms. The number of hydrogen-bond donors (Lipinski definition) is 0. The second-order valence-corrected chi connectivity index (χ2v) is 6.46. The van der Waals surface area contributed by atoms with Crippen LogP contribution in [0.3, 0.4) is 0 Å². The summed E-state index contributed by atoms with van der Waals surface area (Å²) >= 11 is 0. The molecule has 124 valence electrons. The number of benzene rings is 2. The third kappa shape index (κ3) is 3.18. The van der Waals surface area contributed by atoms with Gasteiger partial charge in [-0.25, -0.2) is 4.98 Å². The summed E-state index contributed by atoms with van der Waals surface area (Å²) in [6.07, 6.45) is 3.89. The van der Waals surface area contributed by atoms with Crippen molar-refractivity contribution in [1.29, 1.82) is 0 Å². The van der Waals surface area contributed by atoms with Crippen LogP contribution in [0.5, 0.6) is 0 Å². The Bertz CT molecular complexity index is 1030. The Kier molecular flexibility index (Phi) is 4.06. The van der Waals surface area contributed by atoms with Gasteiger partial charge in [-0.3, -0.25) is 4.98 Å². The van der Waals surface area contributed by atoms with E-state index in [4.69, 9.17) is 9.97 Å². The number of aromatic nitrogens is 3. The predicted octanol–water partition coefficient (Wildman–Crippen LogP) is 4.73. The third-order valence-corrected chi connectivity index (χ3v) is 4.65. The van der Waals surface area contributed by atoms with E-state index >= 15 is 0 Å². The van der Waals surface area contributed by atoms with Crippen molar-refractivity contribution in [3.8, 4) is 11.3 Å². The van der Waals surface area contributed by atoms with Crippen LogP contribution in [0.25, 0.3) is 22.2 Å². The summed E-state index contributed by atoms with van der Waals surface area (Å²) < 4.78 is 2.13. The molecule has 3 heteroatoms. The molecule has 0 saturated heterocycles. The van der Waals surface area contributed by atoms with Crippen LogP contribution in [0.2, 0.25) is 0 Å². The molecule has 0 radical (unpaired) electrons. The quantitative estimate of drug-likeness (QED) is 0.542. The maximum atomic E-state index is 4.85. The van der Waals surface area contributed by atoms with E-state index in [2.05, 4.69) is 73.3 Å². The average Bonchev–Trinajstić information content (AvgIpc) is 3.00. The summed E-state index contributed by atoms with van der Waals surface area (Å²) in [4.78, 5) is 9.62. The molecular weight excluding hydrogens is 306 g/mol. The lowest BCUT2D eigenvalue weighted by atomic mass is 10.1. The van der Waals surface area contributed by atoms with Crippen LogP contribution in [0.15, 0.2) is 66.9 Å². The first-order chi connectivity index (χ1) is 12.2. The lowest BCUT2D eigenvalue weighted by molar-refractivity contribution is 0.763. The lowest BCUT2D eigenvalue weighted by Crippen LogP contribution is -2.01. The Morgan fingerprint density at radius 1 is 0.840 bits per heavy atom. The zero-order chi connectivity index (χ0) is 17.2. The van der Waals surface area contributed by atoms with Gasteiger partial charge < -0.3 is 4.57 Å². The van der Waals surface area contributed by atoms with Gasteiger partial charge in [-0.1, -0.05) is 48.5 Å². The molecule has 2 aromatic heterocycles. The van der Waals surface area contributed by atoms with Gasteiger partial charge in [0.2, 0.25) is 0 Å².